The van der Waals surface area contributed by atoms with Gasteiger partial charge in [0.05, 0.1) is 17.9 Å². The molecule has 0 atom stereocenters. The highest BCUT2D eigenvalue weighted by Crippen LogP contribution is 2.24. The molecule has 0 fully saturated rings. The molecule has 4 nitrogen and oxygen atoms in total. The van der Waals surface area contributed by atoms with E-state index >= 15 is 0 Å². The molecule has 0 unspecified atom stereocenters. The second-order valence-electron chi connectivity index (χ2n) is 5.64. The molecule has 1 heterocycles. The van der Waals surface area contributed by atoms with E-state index in [9.17, 15) is 9.59 Å². The minimum Gasteiger partial charge on any atom is -0.326 e. The Morgan fingerprint density at radius 3 is 2.70 bits per heavy atom. The summed E-state index contributed by atoms with van der Waals surface area (Å²) in [4.78, 5) is 29.9. The fourth-order valence-corrected chi connectivity index (χ4v) is 4.54. The van der Waals surface area contributed by atoms with E-state index in [-0.39, 0.29) is 18.1 Å². The number of nitrogens with zero attached hydrogens (tertiary/aromatic N) is 1. The first kappa shape index (κ1) is 19.7. The van der Waals surface area contributed by atoms with Crippen molar-refractivity contribution in [3.05, 3.63) is 71.2 Å². The predicted octanol–water partition coefficient (Wildman–Crippen LogP) is 5.02. The summed E-state index contributed by atoms with van der Waals surface area (Å²) in [7, 11) is 0. The number of benzene rings is 2. The summed E-state index contributed by atoms with van der Waals surface area (Å²) < 4.78 is 0.798. The fraction of sp³-hybridized carbons (Fsp3) is 0.150. The van der Waals surface area contributed by atoms with Crippen LogP contribution in [0.25, 0.3) is 0 Å². The third kappa shape index (κ3) is 5.95. The van der Waals surface area contributed by atoms with Crippen molar-refractivity contribution in [2.24, 2.45) is 0 Å². The number of thiazole rings is 1. The average Bonchev–Trinajstić information content (AvgIpc) is 3.14. The summed E-state index contributed by atoms with van der Waals surface area (Å²) in [5.41, 5.74) is 2.20. The Balaban J connectivity index is 1.51. The van der Waals surface area contributed by atoms with Crippen LogP contribution in [0.4, 0.5) is 5.69 Å². The summed E-state index contributed by atoms with van der Waals surface area (Å²) in [5, 5.41) is 4.77. The van der Waals surface area contributed by atoms with Gasteiger partial charge in [-0.05, 0) is 24.5 Å². The third-order valence-electron chi connectivity index (χ3n) is 3.65. The SMILES string of the molecule is CSc1cccc(NC(=O)Cc2csc(SCC(=O)c3ccccc3)n2)c1. The molecule has 3 aromatic rings. The largest absolute Gasteiger partial charge is 0.326 e. The highest BCUT2D eigenvalue weighted by atomic mass is 32.2. The zero-order valence-electron chi connectivity index (χ0n) is 14.7. The van der Waals surface area contributed by atoms with Gasteiger partial charge in [0.2, 0.25) is 5.91 Å². The molecule has 0 radical (unpaired) electrons. The number of carbonyl (C=O) groups is 2. The van der Waals surface area contributed by atoms with Gasteiger partial charge in [-0.1, -0.05) is 48.2 Å². The minimum atomic E-state index is -0.101. The van der Waals surface area contributed by atoms with Gasteiger partial charge in [-0.2, -0.15) is 0 Å². The third-order valence-corrected chi connectivity index (χ3v) is 6.44. The Morgan fingerprint density at radius 1 is 1.11 bits per heavy atom. The number of Topliss-reactive ketones (excluding diaryl/α,β-unsaturated/α-hetero) is 1. The fourth-order valence-electron chi connectivity index (χ4n) is 2.34. The predicted molar refractivity (Wildman–Crippen MR) is 114 cm³/mol. The Labute approximate surface area is 170 Å². The van der Waals surface area contributed by atoms with Gasteiger partial charge < -0.3 is 5.32 Å². The number of nitrogens with one attached hydrogen (secondary N) is 1. The van der Waals surface area contributed by atoms with Crippen molar-refractivity contribution >= 4 is 52.2 Å². The van der Waals surface area contributed by atoms with Crippen LogP contribution in [0.5, 0.6) is 0 Å². The molecule has 0 bridgehead atoms. The second kappa shape index (κ2) is 9.73. The molecule has 3 rings (SSSR count). The maximum absolute atomic E-state index is 12.2. The molecule has 0 aliphatic carbocycles. The normalized spacial score (nSPS) is 10.6. The number of anilines is 1. The lowest BCUT2D eigenvalue weighted by atomic mass is 10.2. The van der Waals surface area contributed by atoms with Crippen molar-refractivity contribution in [2.75, 3.05) is 17.3 Å². The quantitative estimate of drug-likeness (QED) is 0.414. The molecule has 0 spiro atoms. The van der Waals surface area contributed by atoms with Gasteiger partial charge in [0.25, 0.3) is 0 Å². The lowest BCUT2D eigenvalue weighted by Crippen LogP contribution is -2.14. The van der Waals surface area contributed by atoms with Crippen LogP contribution in [0.1, 0.15) is 16.1 Å². The number of carbonyl (C=O) groups excluding carboxylic acids is 2. The van der Waals surface area contributed by atoms with E-state index in [2.05, 4.69) is 10.3 Å². The summed E-state index contributed by atoms with van der Waals surface area (Å²) in [6.45, 7) is 0. The average molecular weight is 415 g/mol. The van der Waals surface area contributed by atoms with Gasteiger partial charge in [0.1, 0.15) is 0 Å². The Hall–Kier alpha value is -2.09. The number of ketones is 1. The summed E-state index contributed by atoms with van der Waals surface area (Å²) in [6.07, 6.45) is 2.21. The Kier molecular flexibility index (Phi) is 7.09. The molecule has 1 amide bonds. The highest BCUT2D eigenvalue weighted by Gasteiger charge is 2.11. The monoisotopic (exact) mass is 414 g/mol. The van der Waals surface area contributed by atoms with Gasteiger partial charge >= 0.3 is 0 Å². The van der Waals surface area contributed by atoms with E-state index < -0.39 is 0 Å². The van der Waals surface area contributed by atoms with Gasteiger partial charge in [-0.15, -0.1) is 23.1 Å². The lowest BCUT2D eigenvalue weighted by molar-refractivity contribution is -0.115. The number of hydrogen-bond donors (Lipinski definition) is 1. The molecule has 1 N–H and O–H groups in total. The van der Waals surface area contributed by atoms with E-state index in [1.807, 2.05) is 66.2 Å². The maximum Gasteiger partial charge on any atom is 0.230 e. The molecular formula is C20H18N2O2S3. The molecule has 2 aromatic carbocycles. The van der Waals surface area contributed by atoms with E-state index in [4.69, 9.17) is 0 Å². The minimum absolute atomic E-state index is 0.0729. The van der Waals surface area contributed by atoms with Crippen LogP contribution >= 0.6 is 34.9 Å². The molecule has 27 heavy (non-hydrogen) atoms. The molecule has 0 aliphatic heterocycles. The van der Waals surface area contributed by atoms with Crippen molar-refractivity contribution in [3.63, 3.8) is 0 Å². The molecule has 0 saturated carbocycles. The zero-order chi connectivity index (χ0) is 19.1. The van der Waals surface area contributed by atoms with Crippen LogP contribution in [0.15, 0.2) is 69.2 Å². The Morgan fingerprint density at radius 2 is 1.93 bits per heavy atom. The highest BCUT2D eigenvalue weighted by molar-refractivity contribution is 8.01. The molecule has 1 aromatic heterocycles. The summed E-state index contributed by atoms with van der Waals surface area (Å²) >= 11 is 4.49. The van der Waals surface area contributed by atoms with Crippen LogP contribution in [0.2, 0.25) is 0 Å². The van der Waals surface area contributed by atoms with E-state index in [1.54, 1.807) is 11.8 Å². The van der Waals surface area contributed by atoms with Crippen LogP contribution in [-0.4, -0.2) is 28.7 Å². The first-order valence-electron chi connectivity index (χ1n) is 8.23. The van der Waals surface area contributed by atoms with Gasteiger partial charge in [0.15, 0.2) is 10.1 Å². The second-order valence-corrected chi connectivity index (χ2v) is 8.60. The van der Waals surface area contributed by atoms with Crippen LogP contribution < -0.4 is 5.32 Å². The van der Waals surface area contributed by atoms with Crippen LogP contribution in [-0.2, 0) is 11.2 Å². The van der Waals surface area contributed by atoms with Crippen molar-refractivity contribution in [3.8, 4) is 0 Å². The van der Waals surface area contributed by atoms with Crippen molar-refractivity contribution < 1.29 is 9.59 Å². The lowest BCUT2D eigenvalue weighted by Gasteiger charge is -2.05. The Bertz CT molecular complexity index is 926. The number of rotatable bonds is 8. The molecular weight excluding hydrogens is 396 g/mol. The summed E-state index contributed by atoms with van der Waals surface area (Å²) in [5.74, 6) is 0.309. The first-order valence-corrected chi connectivity index (χ1v) is 11.3. The van der Waals surface area contributed by atoms with Gasteiger partial charge in [-0.25, -0.2) is 4.98 Å². The molecule has 0 saturated heterocycles. The first-order chi connectivity index (χ1) is 13.1. The molecule has 0 aliphatic rings. The maximum atomic E-state index is 12.2. The van der Waals surface area contributed by atoms with E-state index in [0.29, 0.717) is 17.0 Å². The number of thioether (sulfide) groups is 2. The van der Waals surface area contributed by atoms with E-state index in [1.165, 1.54) is 23.1 Å². The van der Waals surface area contributed by atoms with Crippen molar-refractivity contribution in [1.29, 1.82) is 0 Å². The standard InChI is InChI=1S/C20H18N2O2S3/c1-25-17-9-5-8-15(10-17)21-19(24)11-16-12-26-20(22-16)27-13-18(23)14-6-3-2-4-7-14/h2-10,12H,11,13H2,1H3,(H,21,24). The summed E-state index contributed by atoms with van der Waals surface area (Å²) in [6, 6.07) is 17.0. The number of hydrogen-bond acceptors (Lipinski definition) is 6. The number of amides is 1. The van der Waals surface area contributed by atoms with Gasteiger partial charge in [-0.3, -0.25) is 9.59 Å². The van der Waals surface area contributed by atoms with Crippen LogP contribution in [0, 0.1) is 0 Å². The van der Waals surface area contributed by atoms with E-state index in [0.717, 1.165) is 14.9 Å². The smallest absolute Gasteiger partial charge is 0.230 e. The molecule has 7 heteroatoms. The zero-order valence-corrected chi connectivity index (χ0v) is 17.1. The number of aromatic nitrogens is 1. The molecule has 138 valence electrons. The van der Waals surface area contributed by atoms with Gasteiger partial charge in [0, 0.05) is 21.5 Å². The van der Waals surface area contributed by atoms with Crippen LogP contribution in [0.3, 0.4) is 0 Å². The van der Waals surface area contributed by atoms with Crippen molar-refractivity contribution in [1.82, 2.24) is 4.98 Å². The van der Waals surface area contributed by atoms with Crippen molar-refractivity contribution in [2.45, 2.75) is 15.7 Å². The topological polar surface area (TPSA) is 59.1 Å².